The van der Waals surface area contributed by atoms with E-state index in [1.807, 2.05) is 0 Å². The predicted molar refractivity (Wildman–Crippen MR) is 74.6 cm³/mol. The van der Waals surface area contributed by atoms with E-state index in [9.17, 15) is 9.59 Å². The summed E-state index contributed by atoms with van der Waals surface area (Å²) in [6, 6.07) is 0. The Bertz CT molecular complexity index is 307. The van der Waals surface area contributed by atoms with Gasteiger partial charge in [0, 0.05) is 11.6 Å². The maximum Gasteiger partial charge on any atom is 0.333 e. The Balaban J connectivity index is 3.19. The highest BCUT2D eigenvalue weighted by Crippen LogP contribution is 2.06. The fourth-order valence-corrected chi connectivity index (χ4v) is 1.43. The first-order valence-electron chi connectivity index (χ1n) is 6.69. The third-order valence-corrected chi connectivity index (χ3v) is 2.53. The third-order valence-electron chi connectivity index (χ3n) is 2.53. The van der Waals surface area contributed by atoms with Crippen molar-refractivity contribution in [2.75, 3.05) is 13.2 Å². The lowest BCUT2D eigenvalue weighted by Gasteiger charge is -2.04. The van der Waals surface area contributed by atoms with Gasteiger partial charge in [-0.3, -0.25) is 0 Å². The van der Waals surface area contributed by atoms with Crippen LogP contribution in [0, 0.1) is 0 Å². The lowest BCUT2D eigenvalue weighted by atomic mass is 10.1. The molecule has 19 heavy (non-hydrogen) atoms. The van der Waals surface area contributed by atoms with E-state index >= 15 is 0 Å². The summed E-state index contributed by atoms with van der Waals surface area (Å²) in [7, 11) is 0. The van der Waals surface area contributed by atoms with Crippen molar-refractivity contribution in [3.05, 3.63) is 24.8 Å². The molecule has 4 heteroatoms. The average molecular weight is 268 g/mol. The highest BCUT2D eigenvalue weighted by Gasteiger charge is 2.01. The summed E-state index contributed by atoms with van der Waals surface area (Å²) in [5, 5.41) is 0. The molecule has 0 aliphatic rings. The molecule has 0 atom stereocenters. The summed E-state index contributed by atoms with van der Waals surface area (Å²) in [6.07, 6.45) is 7.20. The number of hydrogen-bond donors (Lipinski definition) is 0. The lowest BCUT2D eigenvalue weighted by molar-refractivity contribution is -0.139. The van der Waals surface area contributed by atoms with E-state index in [0.29, 0.717) is 18.8 Å². The molecule has 0 N–H and O–H groups in total. The number of ether oxygens (including phenoxy) is 2. The Morgan fingerprint density at radius 3 is 1.89 bits per heavy atom. The molecule has 0 aromatic rings. The molecule has 0 bridgehead atoms. The summed E-state index contributed by atoms with van der Waals surface area (Å²) in [5.41, 5.74) is 0.439. The molecule has 0 radical (unpaired) electrons. The van der Waals surface area contributed by atoms with E-state index < -0.39 is 0 Å². The van der Waals surface area contributed by atoms with Crippen LogP contribution in [0.4, 0.5) is 0 Å². The summed E-state index contributed by atoms with van der Waals surface area (Å²) < 4.78 is 9.84. The SMILES string of the molecule is C=CC(=O)OCCCCCCCCOC(=O)C(=C)C. The highest BCUT2D eigenvalue weighted by molar-refractivity contribution is 5.86. The minimum atomic E-state index is -0.362. The first kappa shape index (κ1) is 17.4. The second-order valence-corrected chi connectivity index (χ2v) is 4.41. The van der Waals surface area contributed by atoms with Crippen LogP contribution in [0.5, 0.6) is 0 Å². The number of carbonyl (C=O) groups is 2. The van der Waals surface area contributed by atoms with Gasteiger partial charge in [0.2, 0.25) is 0 Å². The van der Waals surface area contributed by atoms with Crippen LogP contribution >= 0.6 is 0 Å². The molecule has 0 fully saturated rings. The summed E-state index contributed by atoms with van der Waals surface area (Å²) >= 11 is 0. The first-order chi connectivity index (χ1) is 9.07. The summed E-state index contributed by atoms with van der Waals surface area (Å²) in [5.74, 6) is -0.677. The Morgan fingerprint density at radius 2 is 1.42 bits per heavy atom. The molecule has 0 rings (SSSR count). The quantitative estimate of drug-likeness (QED) is 0.328. The minimum absolute atomic E-state index is 0.316. The van der Waals surface area contributed by atoms with Gasteiger partial charge in [0.05, 0.1) is 13.2 Å². The monoisotopic (exact) mass is 268 g/mol. The average Bonchev–Trinajstić information content (AvgIpc) is 2.39. The zero-order valence-electron chi connectivity index (χ0n) is 11.8. The van der Waals surface area contributed by atoms with Crippen LogP contribution in [-0.4, -0.2) is 25.2 Å². The molecule has 0 spiro atoms. The van der Waals surface area contributed by atoms with Crippen molar-refractivity contribution in [3.63, 3.8) is 0 Å². The van der Waals surface area contributed by atoms with Crippen molar-refractivity contribution in [2.45, 2.75) is 45.4 Å². The van der Waals surface area contributed by atoms with Crippen molar-refractivity contribution in [2.24, 2.45) is 0 Å². The van der Waals surface area contributed by atoms with Gasteiger partial charge in [0.25, 0.3) is 0 Å². The molecule has 108 valence electrons. The van der Waals surface area contributed by atoms with Crippen molar-refractivity contribution in [3.8, 4) is 0 Å². The van der Waals surface area contributed by atoms with Crippen molar-refractivity contribution >= 4 is 11.9 Å². The Morgan fingerprint density at radius 1 is 0.947 bits per heavy atom. The van der Waals surface area contributed by atoms with Crippen LogP contribution in [0.1, 0.15) is 45.4 Å². The number of rotatable bonds is 11. The molecule has 0 aliphatic heterocycles. The standard InChI is InChI=1S/C15H24O4/c1-4-14(16)18-11-9-7-5-6-8-10-12-19-15(17)13(2)3/h4H,1-2,5-12H2,3H3. The van der Waals surface area contributed by atoms with Crippen LogP contribution < -0.4 is 0 Å². The van der Waals surface area contributed by atoms with E-state index in [4.69, 9.17) is 9.47 Å². The fourth-order valence-electron chi connectivity index (χ4n) is 1.43. The van der Waals surface area contributed by atoms with Gasteiger partial charge in [-0.2, -0.15) is 0 Å². The van der Waals surface area contributed by atoms with Crippen LogP contribution in [0.15, 0.2) is 24.8 Å². The molecule has 0 aromatic carbocycles. The van der Waals surface area contributed by atoms with Crippen LogP contribution in [0.3, 0.4) is 0 Å². The van der Waals surface area contributed by atoms with E-state index in [1.165, 1.54) is 6.08 Å². The van der Waals surface area contributed by atoms with Gasteiger partial charge in [-0.1, -0.05) is 38.8 Å². The van der Waals surface area contributed by atoms with E-state index in [0.717, 1.165) is 38.5 Å². The van der Waals surface area contributed by atoms with Crippen LogP contribution in [0.25, 0.3) is 0 Å². The van der Waals surface area contributed by atoms with Gasteiger partial charge in [-0.25, -0.2) is 9.59 Å². The van der Waals surface area contributed by atoms with E-state index in [2.05, 4.69) is 13.2 Å². The number of hydrogen-bond acceptors (Lipinski definition) is 4. The van der Waals surface area contributed by atoms with Crippen LogP contribution in [-0.2, 0) is 19.1 Å². The Hall–Kier alpha value is -1.58. The molecular weight excluding hydrogens is 244 g/mol. The third kappa shape index (κ3) is 11.3. The molecule has 0 aromatic heterocycles. The first-order valence-corrected chi connectivity index (χ1v) is 6.69. The maximum atomic E-state index is 11.1. The second kappa shape index (κ2) is 11.5. The van der Waals surface area contributed by atoms with Gasteiger partial charge in [-0.15, -0.1) is 0 Å². The minimum Gasteiger partial charge on any atom is -0.463 e. The lowest BCUT2D eigenvalue weighted by Crippen LogP contribution is -2.06. The topological polar surface area (TPSA) is 52.6 Å². The van der Waals surface area contributed by atoms with Crippen molar-refractivity contribution < 1.29 is 19.1 Å². The predicted octanol–water partition coefficient (Wildman–Crippen LogP) is 3.18. The van der Waals surface area contributed by atoms with Gasteiger partial charge in [0.1, 0.15) is 0 Å². The summed E-state index contributed by atoms with van der Waals surface area (Å²) in [6.45, 7) is 9.40. The zero-order chi connectivity index (χ0) is 14.5. The largest absolute Gasteiger partial charge is 0.463 e. The fraction of sp³-hybridized carbons (Fsp3) is 0.600. The van der Waals surface area contributed by atoms with E-state index in [1.54, 1.807) is 6.92 Å². The number of esters is 2. The highest BCUT2D eigenvalue weighted by atomic mass is 16.5. The van der Waals surface area contributed by atoms with Gasteiger partial charge >= 0.3 is 11.9 Å². The van der Waals surface area contributed by atoms with Crippen molar-refractivity contribution in [1.29, 1.82) is 0 Å². The second-order valence-electron chi connectivity index (χ2n) is 4.41. The maximum absolute atomic E-state index is 11.1. The molecule has 4 nitrogen and oxygen atoms in total. The smallest absolute Gasteiger partial charge is 0.333 e. The van der Waals surface area contributed by atoms with Gasteiger partial charge in [-0.05, 0) is 19.8 Å². The van der Waals surface area contributed by atoms with E-state index in [-0.39, 0.29) is 11.9 Å². The molecule has 0 unspecified atom stereocenters. The molecule has 0 heterocycles. The van der Waals surface area contributed by atoms with Gasteiger partial charge < -0.3 is 9.47 Å². The zero-order valence-corrected chi connectivity index (χ0v) is 11.8. The Kier molecular flexibility index (Phi) is 10.6. The molecule has 0 amide bonds. The van der Waals surface area contributed by atoms with Crippen LogP contribution in [0.2, 0.25) is 0 Å². The number of carbonyl (C=O) groups excluding carboxylic acids is 2. The number of unbranched alkanes of at least 4 members (excludes halogenated alkanes) is 5. The molecular formula is C15H24O4. The van der Waals surface area contributed by atoms with Gasteiger partial charge in [0.15, 0.2) is 0 Å². The molecule has 0 saturated carbocycles. The molecule has 0 aliphatic carbocycles. The molecule has 0 saturated heterocycles. The normalized spacial score (nSPS) is 9.74. The summed E-state index contributed by atoms with van der Waals surface area (Å²) in [4.78, 5) is 21.8. The van der Waals surface area contributed by atoms with Crippen molar-refractivity contribution in [1.82, 2.24) is 0 Å². The Labute approximate surface area is 115 Å².